The van der Waals surface area contributed by atoms with E-state index in [0.717, 1.165) is 33.9 Å². The highest BCUT2D eigenvalue weighted by Gasteiger charge is 2.38. The first-order chi connectivity index (χ1) is 17.5. The lowest BCUT2D eigenvalue weighted by Crippen LogP contribution is -2.29. The quantitative estimate of drug-likeness (QED) is 0.371. The summed E-state index contributed by atoms with van der Waals surface area (Å²) >= 11 is 0. The van der Waals surface area contributed by atoms with Crippen LogP contribution in [0.15, 0.2) is 93.5 Å². The van der Waals surface area contributed by atoms with E-state index in [-0.39, 0.29) is 17.1 Å². The average molecular weight is 479 g/mol. The van der Waals surface area contributed by atoms with Gasteiger partial charge >= 0.3 is 0 Å². The molecule has 2 heterocycles. The number of rotatable bonds is 3. The average Bonchev–Trinajstić information content (AvgIpc) is 3.06. The van der Waals surface area contributed by atoms with Crippen molar-refractivity contribution in [2.75, 3.05) is 17.7 Å². The first kappa shape index (κ1) is 22.2. The molecular weight excluding hydrogens is 452 g/mol. The minimum Gasteiger partial charge on any atom is -0.496 e. The highest BCUT2D eigenvalue weighted by Crippen LogP contribution is 2.45. The van der Waals surface area contributed by atoms with Gasteiger partial charge in [-0.25, -0.2) is 0 Å². The van der Waals surface area contributed by atoms with Gasteiger partial charge in [0.15, 0.2) is 11.2 Å². The standard InChI is InChI=1S/C30H26N2O4/c1-17-11-12-27-20(13-17)30(34)21(16-36-27)29-28-24(31-22-8-4-5-9-23(22)32-29)14-18(15-25(28)33)19-7-3-6-10-26(19)35-2/h3-13,16,18,29,31-32H,14-15H2,1-2H3. The van der Waals surface area contributed by atoms with Crippen molar-refractivity contribution in [2.45, 2.75) is 31.7 Å². The molecule has 6 nitrogen and oxygen atoms in total. The van der Waals surface area contributed by atoms with Crippen molar-refractivity contribution in [3.8, 4) is 5.75 Å². The van der Waals surface area contributed by atoms with Crippen molar-refractivity contribution >= 4 is 28.1 Å². The van der Waals surface area contributed by atoms with E-state index < -0.39 is 6.04 Å². The van der Waals surface area contributed by atoms with Gasteiger partial charge in [-0.3, -0.25) is 9.59 Å². The van der Waals surface area contributed by atoms with E-state index in [9.17, 15) is 9.59 Å². The molecule has 1 aliphatic heterocycles. The molecule has 6 heteroatoms. The Balaban J connectivity index is 1.52. The Morgan fingerprint density at radius 2 is 1.69 bits per heavy atom. The monoisotopic (exact) mass is 478 g/mol. The maximum atomic E-state index is 13.8. The smallest absolute Gasteiger partial charge is 0.198 e. The van der Waals surface area contributed by atoms with E-state index in [4.69, 9.17) is 9.15 Å². The fourth-order valence-corrected chi connectivity index (χ4v) is 5.41. The number of anilines is 2. The van der Waals surface area contributed by atoms with Crippen LogP contribution in [0.5, 0.6) is 5.75 Å². The number of carbonyl (C=O) groups excluding carboxylic acids is 1. The first-order valence-electron chi connectivity index (χ1n) is 12.1. The van der Waals surface area contributed by atoms with Gasteiger partial charge in [0.2, 0.25) is 0 Å². The summed E-state index contributed by atoms with van der Waals surface area (Å²) in [7, 11) is 1.65. The number of allylic oxidation sites excluding steroid dienone is 1. The highest BCUT2D eigenvalue weighted by molar-refractivity contribution is 6.01. The van der Waals surface area contributed by atoms with E-state index in [1.54, 1.807) is 7.11 Å². The Hall–Kier alpha value is -4.32. The van der Waals surface area contributed by atoms with Crippen LogP contribution in [0, 0.1) is 6.92 Å². The predicted molar refractivity (Wildman–Crippen MR) is 141 cm³/mol. The number of methoxy groups -OCH3 is 1. The molecule has 0 radical (unpaired) electrons. The molecule has 2 unspecified atom stereocenters. The molecule has 180 valence electrons. The molecule has 0 saturated carbocycles. The third-order valence-electron chi connectivity index (χ3n) is 7.15. The van der Waals surface area contributed by atoms with Gasteiger partial charge in [0.05, 0.1) is 35.5 Å². The van der Waals surface area contributed by atoms with Gasteiger partial charge in [-0.05, 0) is 49.2 Å². The maximum absolute atomic E-state index is 13.8. The molecular formula is C30H26N2O4. The number of aryl methyl sites for hydroxylation is 1. The topological polar surface area (TPSA) is 80.6 Å². The Bertz CT molecular complexity index is 1600. The summed E-state index contributed by atoms with van der Waals surface area (Å²) in [5, 5.41) is 7.51. The Morgan fingerprint density at radius 3 is 2.53 bits per heavy atom. The molecule has 2 N–H and O–H groups in total. The number of hydrogen-bond acceptors (Lipinski definition) is 6. The van der Waals surface area contributed by atoms with Crippen molar-refractivity contribution < 1.29 is 13.9 Å². The van der Waals surface area contributed by atoms with E-state index in [0.29, 0.717) is 34.9 Å². The number of fused-ring (bicyclic) bond motifs is 2. The van der Waals surface area contributed by atoms with E-state index in [1.807, 2.05) is 73.7 Å². The largest absolute Gasteiger partial charge is 0.496 e. The molecule has 36 heavy (non-hydrogen) atoms. The van der Waals surface area contributed by atoms with Crippen LogP contribution in [0.1, 0.15) is 41.5 Å². The molecule has 3 aromatic carbocycles. The van der Waals surface area contributed by atoms with Crippen LogP contribution >= 0.6 is 0 Å². The number of hydrogen-bond donors (Lipinski definition) is 2. The lowest BCUT2D eigenvalue weighted by Gasteiger charge is -2.30. The molecule has 1 aromatic heterocycles. The minimum absolute atomic E-state index is 0.00583. The summed E-state index contributed by atoms with van der Waals surface area (Å²) in [5.74, 6) is 0.726. The van der Waals surface area contributed by atoms with Gasteiger partial charge in [-0.15, -0.1) is 0 Å². The van der Waals surface area contributed by atoms with Crippen molar-refractivity contribution in [1.82, 2.24) is 0 Å². The van der Waals surface area contributed by atoms with Crippen LogP contribution < -0.4 is 20.8 Å². The number of nitrogens with one attached hydrogen (secondary N) is 2. The molecule has 4 aromatic rings. The SMILES string of the molecule is COc1ccccc1C1CC(=O)C2=C(C1)Nc1ccccc1NC2c1coc2ccc(C)cc2c1=O. The number of para-hydroxylation sites is 3. The Labute approximate surface area is 208 Å². The maximum Gasteiger partial charge on any atom is 0.198 e. The normalized spacial score (nSPS) is 19.1. The van der Waals surface area contributed by atoms with Crippen molar-refractivity contribution in [3.05, 3.63) is 111 Å². The Morgan fingerprint density at radius 1 is 0.917 bits per heavy atom. The lowest BCUT2D eigenvalue weighted by atomic mass is 9.78. The van der Waals surface area contributed by atoms with Crippen LogP contribution in [0.4, 0.5) is 11.4 Å². The van der Waals surface area contributed by atoms with Gasteiger partial charge in [0.25, 0.3) is 0 Å². The van der Waals surface area contributed by atoms with Gasteiger partial charge in [-0.1, -0.05) is 42.0 Å². The molecule has 0 fully saturated rings. The summed E-state index contributed by atoms with van der Waals surface area (Å²) in [4.78, 5) is 27.5. The minimum atomic E-state index is -0.636. The van der Waals surface area contributed by atoms with E-state index >= 15 is 0 Å². The lowest BCUT2D eigenvalue weighted by molar-refractivity contribution is -0.116. The zero-order valence-corrected chi connectivity index (χ0v) is 20.1. The van der Waals surface area contributed by atoms with Gasteiger partial charge in [0, 0.05) is 23.6 Å². The zero-order chi connectivity index (χ0) is 24.8. The molecule has 2 aliphatic rings. The molecule has 1 aliphatic carbocycles. The van der Waals surface area contributed by atoms with Crippen LogP contribution in [0.2, 0.25) is 0 Å². The second kappa shape index (κ2) is 8.72. The summed E-state index contributed by atoms with van der Waals surface area (Å²) < 4.78 is 11.5. The third-order valence-corrected chi connectivity index (χ3v) is 7.15. The molecule has 0 bridgehead atoms. The number of carbonyl (C=O) groups is 1. The van der Waals surface area contributed by atoms with Gasteiger partial charge in [-0.2, -0.15) is 0 Å². The van der Waals surface area contributed by atoms with Crippen LogP contribution in [0.3, 0.4) is 0 Å². The zero-order valence-electron chi connectivity index (χ0n) is 20.1. The highest BCUT2D eigenvalue weighted by atomic mass is 16.5. The predicted octanol–water partition coefficient (Wildman–Crippen LogP) is 6.09. The number of ether oxygens (including phenoxy) is 1. The fourth-order valence-electron chi connectivity index (χ4n) is 5.41. The number of ketones is 1. The fraction of sp³-hybridized carbons (Fsp3) is 0.200. The summed E-state index contributed by atoms with van der Waals surface area (Å²) in [6.45, 7) is 1.94. The second-order valence-electron chi connectivity index (χ2n) is 9.43. The van der Waals surface area contributed by atoms with Crippen LogP contribution in [-0.2, 0) is 4.79 Å². The molecule has 2 atom stereocenters. The molecule has 0 spiro atoms. The van der Waals surface area contributed by atoms with Crippen molar-refractivity contribution in [3.63, 3.8) is 0 Å². The summed E-state index contributed by atoms with van der Waals surface area (Å²) in [5.41, 5.74) is 5.87. The van der Waals surface area contributed by atoms with E-state index in [2.05, 4.69) is 10.6 Å². The number of Topliss-reactive ketones (excluding diaryl/α,β-unsaturated/α-hetero) is 1. The molecule has 0 saturated heterocycles. The van der Waals surface area contributed by atoms with Crippen molar-refractivity contribution in [2.24, 2.45) is 0 Å². The summed E-state index contributed by atoms with van der Waals surface area (Å²) in [6.07, 6.45) is 2.44. The Kier molecular flexibility index (Phi) is 5.37. The molecule has 6 rings (SSSR count). The summed E-state index contributed by atoms with van der Waals surface area (Å²) in [6, 6.07) is 20.6. The molecule has 0 amide bonds. The van der Waals surface area contributed by atoms with Gasteiger partial charge in [0.1, 0.15) is 17.6 Å². The van der Waals surface area contributed by atoms with Crippen LogP contribution in [-0.4, -0.2) is 12.9 Å². The second-order valence-corrected chi connectivity index (χ2v) is 9.43. The third kappa shape index (κ3) is 3.66. The van der Waals surface area contributed by atoms with Gasteiger partial charge < -0.3 is 19.8 Å². The number of benzene rings is 3. The van der Waals surface area contributed by atoms with E-state index in [1.165, 1.54) is 6.26 Å². The van der Waals surface area contributed by atoms with Crippen LogP contribution in [0.25, 0.3) is 11.0 Å². The first-order valence-corrected chi connectivity index (χ1v) is 12.1. The van der Waals surface area contributed by atoms with Crippen molar-refractivity contribution in [1.29, 1.82) is 0 Å².